The lowest BCUT2D eigenvalue weighted by atomic mass is 10.1. The van der Waals surface area contributed by atoms with Crippen LogP contribution in [0.25, 0.3) is 22.1 Å². The first-order chi connectivity index (χ1) is 16.6. The van der Waals surface area contributed by atoms with Crippen molar-refractivity contribution >= 4 is 16.9 Å². The maximum absolute atomic E-state index is 13.3. The molecule has 0 saturated carbocycles. The first-order valence-corrected chi connectivity index (χ1v) is 10.4. The number of benzene rings is 4. The van der Waals surface area contributed by atoms with E-state index >= 15 is 0 Å². The lowest BCUT2D eigenvalue weighted by molar-refractivity contribution is 0.0734. The van der Waals surface area contributed by atoms with Crippen molar-refractivity contribution in [2.24, 2.45) is 0 Å². The van der Waals surface area contributed by atoms with E-state index in [9.17, 15) is 14.0 Å². The van der Waals surface area contributed by atoms with Crippen LogP contribution in [0.15, 0.2) is 113 Å². The number of carbonyl (C=O) groups is 1. The van der Waals surface area contributed by atoms with E-state index in [0.717, 1.165) is 17.2 Å². The summed E-state index contributed by atoms with van der Waals surface area (Å²) in [6, 6.07) is 26.8. The average molecular weight is 452 g/mol. The van der Waals surface area contributed by atoms with Gasteiger partial charge < -0.3 is 13.9 Å². The van der Waals surface area contributed by atoms with Crippen molar-refractivity contribution in [2.45, 2.75) is 0 Å². The summed E-state index contributed by atoms with van der Waals surface area (Å²) in [4.78, 5) is 25.1. The van der Waals surface area contributed by atoms with E-state index in [1.54, 1.807) is 12.1 Å². The van der Waals surface area contributed by atoms with Gasteiger partial charge in [0.2, 0.25) is 11.2 Å². The molecule has 0 radical (unpaired) electrons. The molecule has 0 fully saturated rings. The second-order valence-electron chi connectivity index (χ2n) is 7.48. The Balaban J connectivity index is 1.35. The Kier molecular flexibility index (Phi) is 5.62. The predicted octanol–water partition coefficient (Wildman–Crippen LogP) is 6.61. The van der Waals surface area contributed by atoms with E-state index in [4.69, 9.17) is 13.9 Å². The van der Waals surface area contributed by atoms with Crippen molar-refractivity contribution in [3.63, 3.8) is 0 Å². The largest absolute Gasteiger partial charge is 0.460 e. The number of ether oxygens (including phenoxy) is 2. The average Bonchev–Trinajstić information content (AvgIpc) is 2.87. The number of rotatable bonds is 5. The SMILES string of the molecule is O=C(Oc1ccc2c(=O)c(Oc3ccc(-c4ccccc4)cc3)coc2c1)c1cccc(F)c1. The van der Waals surface area contributed by atoms with Gasteiger partial charge in [-0.3, -0.25) is 4.79 Å². The Morgan fingerprint density at radius 1 is 0.765 bits per heavy atom. The van der Waals surface area contributed by atoms with Crippen LogP contribution < -0.4 is 14.9 Å². The van der Waals surface area contributed by atoms with Gasteiger partial charge in [0, 0.05) is 6.07 Å². The molecule has 0 N–H and O–H groups in total. The summed E-state index contributed by atoms with van der Waals surface area (Å²) in [5.74, 6) is -0.576. The molecule has 5 rings (SSSR count). The Bertz CT molecular complexity index is 1540. The van der Waals surface area contributed by atoms with E-state index in [2.05, 4.69) is 0 Å². The first-order valence-electron chi connectivity index (χ1n) is 10.4. The monoisotopic (exact) mass is 452 g/mol. The molecular formula is C28H17FO5. The Morgan fingerprint density at radius 3 is 2.26 bits per heavy atom. The minimum atomic E-state index is -0.722. The zero-order valence-corrected chi connectivity index (χ0v) is 17.7. The van der Waals surface area contributed by atoms with E-state index in [1.807, 2.05) is 42.5 Å². The van der Waals surface area contributed by atoms with Gasteiger partial charge in [-0.15, -0.1) is 0 Å². The zero-order chi connectivity index (χ0) is 23.5. The van der Waals surface area contributed by atoms with Gasteiger partial charge in [0.05, 0.1) is 10.9 Å². The highest BCUT2D eigenvalue weighted by Gasteiger charge is 2.13. The fourth-order valence-electron chi connectivity index (χ4n) is 3.48. The van der Waals surface area contributed by atoms with Gasteiger partial charge in [-0.25, -0.2) is 9.18 Å². The van der Waals surface area contributed by atoms with Gasteiger partial charge in [0.25, 0.3) is 0 Å². The topological polar surface area (TPSA) is 65.7 Å². The van der Waals surface area contributed by atoms with Gasteiger partial charge in [-0.2, -0.15) is 0 Å². The third-order valence-corrected chi connectivity index (χ3v) is 5.17. The summed E-state index contributed by atoms with van der Waals surface area (Å²) < 4.78 is 29.9. The van der Waals surface area contributed by atoms with Crippen molar-refractivity contribution in [1.29, 1.82) is 0 Å². The molecule has 166 valence electrons. The van der Waals surface area contributed by atoms with Crippen LogP contribution in [0.4, 0.5) is 4.39 Å². The second kappa shape index (κ2) is 9.03. The normalized spacial score (nSPS) is 10.7. The summed E-state index contributed by atoms with van der Waals surface area (Å²) >= 11 is 0. The molecule has 0 bridgehead atoms. The third kappa shape index (κ3) is 4.42. The summed E-state index contributed by atoms with van der Waals surface area (Å²) in [6.07, 6.45) is 1.22. The smallest absolute Gasteiger partial charge is 0.343 e. The maximum atomic E-state index is 13.3. The van der Waals surface area contributed by atoms with Crippen LogP contribution in [0.3, 0.4) is 0 Å². The van der Waals surface area contributed by atoms with Crippen LogP contribution in [-0.2, 0) is 0 Å². The Labute approximate surface area is 193 Å². The zero-order valence-electron chi connectivity index (χ0n) is 17.7. The number of esters is 1. The Hall–Kier alpha value is -4.71. The minimum absolute atomic E-state index is 0.0319. The van der Waals surface area contributed by atoms with E-state index < -0.39 is 11.8 Å². The summed E-state index contributed by atoms with van der Waals surface area (Å²) in [7, 11) is 0. The van der Waals surface area contributed by atoms with Gasteiger partial charge in [-0.05, 0) is 53.6 Å². The predicted molar refractivity (Wildman–Crippen MR) is 126 cm³/mol. The van der Waals surface area contributed by atoms with Crippen molar-refractivity contribution in [2.75, 3.05) is 0 Å². The molecule has 34 heavy (non-hydrogen) atoms. The highest BCUT2D eigenvalue weighted by molar-refractivity contribution is 5.91. The fraction of sp³-hybridized carbons (Fsp3) is 0. The highest BCUT2D eigenvalue weighted by Crippen LogP contribution is 2.27. The molecule has 1 heterocycles. The molecule has 1 aromatic heterocycles. The fourth-order valence-corrected chi connectivity index (χ4v) is 3.48. The summed E-state index contributed by atoms with van der Waals surface area (Å²) in [5, 5.41) is 0.268. The molecule has 0 aliphatic carbocycles. The third-order valence-electron chi connectivity index (χ3n) is 5.17. The van der Waals surface area contributed by atoms with Crippen molar-refractivity contribution in [1.82, 2.24) is 0 Å². The number of fused-ring (bicyclic) bond motifs is 1. The van der Waals surface area contributed by atoms with E-state index in [-0.39, 0.29) is 33.5 Å². The quantitative estimate of drug-likeness (QED) is 0.222. The van der Waals surface area contributed by atoms with Gasteiger partial charge >= 0.3 is 5.97 Å². The first kappa shape index (κ1) is 21.2. The molecule has 0 aliphatic rings. The number of halogens is 1. The number of hydrogen-bond acceptors (Lipinski definition) is 5. The van der Waals surface area contributed by atoms with Gasteiger partial charge in [0.15, 0.2) is 0 Å². The van der Waals surface area contributed by atoms with Crippen LogP contribution in [0.5, 0.6) is 17.2 Å². The van der Waals surface area contributed by atoms with E-state index in [0.29, 0.717) is 5.75 Å². The molecule has 0 amide bonds. The van der Waals surface area contributed by atoms with Gasteiger partial charge in [0.1, 0.15) is 29.2 Å². The second-order valence-corrected chi connectivity index (χ2v) is 7.48. The van der Waals surface area contributed by atoms with Crippen LogP contribution in [0.1, 0.15) is 10.4 Å². The highest BCUT2D eigenvalue weighted by atomic mass is 19.1. The Morgan fingerprint density at radius 2 is 1.50 bits per heavy atom. The summed E-state index contributed by atoms with van der Waals surface area (Å²) in [5.41, 5.74) is 2.04. The molecule has 6 heteroatoms. The van der Waals surface area contributed by atoms with Crippen LogP contribution in [0, 0.1) is 5.82 Å². The molecule has 0 saturated heterocycles. The molecule has 5 aromatic rings. The molecule has 5 nitrogen and oxygen atoms in total. The summed E-state index contributed by atoms with van der Waals surface area (Å²) in [6.45, 7) is 0. The number of carbonyl (C=O) groups excluding carboxylic acids is 1. The minimum Gasteiger partial charge on any atom is -0.460 e. The lowest BCUT2D eigenvalue weighted by Gasteiger charge is -2.08. The van der Waals surface area contributed by atoms with Crippen molar-refractivity contribution in [3.8, 4) is 28.4 Å². The molecule has 0 spiro atoms. The standard InChI is InChI=1S/C28H17FO5/c29-21-8-4-7-20(15-21)28(31)34-23-13-14-24-25(16-23)32-17-26(27(24)30)33-22-11-9-19(10-12-22)18-5-2-1-3-6-18/h1-17H. The van der Waals surface area contributed by atoms with Crippen LogP contribution in [0.2, 0.25) is 0 Å². The molecular weight excluding hydrogens is 435 g/mol. The van der Waals surface area contributed by atoms with Crippen LogP contribution >= 0.6 is 0 Å². The molecule has 4 aromatic carbocycles. The van der Waals surface area contributed by atoms with Crippen molar-refractivity contribution < 1.29 is 23.1 Å². The number of hydrogen-bond donors (Lipinski definition) is 0. The molecule has 0 unspecified atom stereocenters. The molecule has 0 aliphatic heterocycles. The maximum Gasteiger partial charge on any atom is 0.343 e. The van der Waals surface area contributed by atoms with Gasteiger partial charge in [-0.1, -0.05) is 48.5 Å². The van der Waals surface area contributed by atoms with E-state index in [1.165, 1.54) is 42.7 Å². The van der Waals surface area contributed by atoms with Crippen LogP contribution in [-0.4, -0.2) is 5.97 Å². The molecule has 0 atom stereocenters. The lowest BCUT2D eigenvalue weighted by Crippen LogP contribution is -2.09. The van der Waals surface area contributed by atoms with Crippen molar-refractivity contribution in [3.05, 3.63) is 125 Å².